The molecule has 128 valence electrons. The second kappa shape index (κ2) is 7.02. The molecule has 0 aliphatic rings. The van der Waals surface area contributed by atoms with E-state index in [9.17, 15) is 4.79 Å². The molecule has 7 nitrogen and oxygen atoms in total. The Balaban J connectivity index is 1.49. The molecule has 4 rings (SSSR count). The number of nitrogens with one attached hydrogen (secondary N) is 2. The first kappa shape index (κ1) is 15.8. The van der Waals surface area contributed by atoms with Gasteiger partial charge in [-0.3, -0.25) is 4.79 Å². The van der Waals surface area contributed by atoms with Gasteiger partial charge in [-0.2, -0.15) is 4.98 Å². The number of rotatable bonds is 5. The highest BCUT2D eigenvalue weighted by atomic mass is 16.1. The molecular weight excluding hydrogens is 328 g/mol. The van der Waals surface area contributed by atoms with Crippen LogP contribution >= 0.6 is 0 Å². The number of anilines is 3. The zero-order valence-electron chi connectivity index (χ0n) is 13.8. The number of carbonyl (C=O) groups excluding carboxylic acids is 1. The number of benzene rings is 2. The third-order valence-corrected chi connectivity index (χ3v) is 3.73. The number of hydrogen-bond acceptors (Lipinski definition) is 5. The molecule has 2 aromatic carbocycles. The maximum Gasteiger partial charge on any atom is 0.252 e. The quantitative estimate of drug-likeness (QED) is 0.581. The molecule has 0 radical (unpaired) electrons. The molecule has 4 aromatic rings. The number of nitrogens with zero attached hydrogens (tertiary/aromatic N) is 4. The van der Waals surface area contributed by atoms with Crippen LogP contribution < -0.4 is 10.6 Å². The zero-order valence-corrected chi connectivity index (χ0v) is 13.8. The predicted octanol–water partition coefficient (Wildman–Crippen LogP) is 3.05. The predicted molar refractivity (Wildman–Crippen MR) is 99.3 cm³/mol. The van der Waals surface area contributed by atoms with Crippen molar-refractivity contribution < 1.29 is 4.79 Å². The summed E-state index contributed by atoms with van der Waals surface area (Å²) in [5, 5.41) is 10.5. The van der Waals surface area contributed by atoms with E-state index in [0.717, 1.165) is 11.4 Å². The van der Waals surface area contributed by atoms with Crippen LogP contribution in [0, 0.1) is 0 Å². The Labute approximate surface area is 149 Å². The van der Waals surface area contributed by atoms with E-state index < -0.39 is 0 Å². The average molecular weight is 344 g/mol. The third-order valence-electron chi connectivity index (χ3n) is 3.73. The Kier molecular flexibility index (Phi) is 4.26. The molecule has 2 heterocycles. The Morgan fingerprint density at radius 1 is 0.962 bits per heavy atom. The molecule has 0 atom stereocenters. The third kappa shape index (κ3) is 3.51. The highest BCUT2D eigenvalue weighted by Crippen LogP contribution is 2.25. The van der Waals surface area contributed by atoms with Crippen molar-refractivity contribution in [2.75, 3.05) is 10.6 Å². The molecule has 26 heavy (non-hydrogen) atoms. The molecule has 0 fully saturated rings. The van der Waals surface area contributed by atoms with Crippen LogP contribution in [-0.2, 0) is 11.2 Å². The first-order valence-corrected chi connectivity index (χ1v) is 8.15. The molecule has 0 saturated carbocycles. The van der Waals surface area contributed by atoms with E-state index in [1.807, 2.05) is 54.6 Å². The molecule has 0 unspecified atom stereocenters. The Bertz CT molecular complexity index is 1010. The zero-order chi connectivity index (χ0) is 17.8. The molecule has 0 spiro atoms. The Morgan fingerprint density at radius 2 is 1.73 bits per heavy atom. The standard InChI is InChI=1S/C19H16N6O/c26-18(13-17-23-19-20-11-6-12-25(19)24-17)22-16-10-5-4-9-15(16)21-14-7-2-1-3-8-14/h1-12,21H,13H2,(H,22,26). The van der Waals surface area contributed by atoms with Gasteiger partial charge in [-0.05, 0) is 30.3 Å². The SMILES string of the molecule is O=C(Cc1nc2ncccn2n1)Nc1ccccc1Nc1ccccc1. The van der Waals surface area contributed by atoms with E-state index in [2.05, 4.69) is 25.7 Å². The first-order valence-electron chi connectivity index (χ1n) is 8.15. The summed E-state index contributed by atoms with van der Waals surface area (Å²) in [5.41, 5.74) is 2.46. The van der Waals surface area contributed by atoms with Crippen molar-refractivity contribution in [3.8, 4) is 0 Å². The monoisotopic (exact) mass is 344 g/mol. The lowest BCUT2D eigenvalue weighted by molar-refractivity contribution is -0.115. The Morgan fingerprint density at radius 3 is 2.54 bits per heavy atom. The van der Waals surface area contributed by atoms with Gasteiger partial charge in [0.1, 0.15) is 0 Å². The lowest BCUT2D eigenvalue weighted by Crippen LogP contribution is -2.16. The van der Waals surface area contributed by atoms with E-state index in [1.54, 1.807) is 23.0 Å². The molecule has 0 bridgehead atoms. The van der Waals surface area contributed by atoms with Crippen molar-refractivity contribution in [1.29, 1.82) is 0 Å². The van der Waals surface area contributed by atoms with Crippen molar-refractivity contribution in [2.24, 2.45) is 0 Å². The summed E-state index contributed by atoms with van der Waals surface area (Å²) < 4.78 is 1.55. The van der Waals surface area contributed by atoms with Crippen LogP contribution in [-0.4, -0.2) is 25.5 Å². The number of carbonyl (C=O) groups is 1. The fourth-order valence-electron chi connectivity index (χ4n) is 2.57. The minimum absolute atomic E-state index is 0.0725. The molecule has 0 aliphatic heterocycles. The summed E-state index contributed by atoms with van der Waals surface area (Å²) in [6.45, 7) is 0. The molecule has 2 aromatic heterocycles. The summed E-state index contributed by atoms with van der Waals surface area (Å²) in [5.74, 6) is 0.708. The normalized spacial score (nSPS) is 10.6. The minimum Gasteiger partial charge on any atom is -0.354 e. The van der Waals surface area contributed by atoms with Gasteiger partial charge in [-0.15, -0.1) is 5.10 Å². The van der Waals surface area contributed by atoms with Gasteiger partial charge in [0.15, 0.2) is 5.82 Å². The van der Waals surface area contributed by atoms with Gasteiger partial charge < -0.3 is 10.6 Å². The molecule has 7 heteroatoms. The summed E-state index contributed by atoms with van der Waals surface area (Å²) >= 11 is 0. The van der Waals surface area contributed by atoms with E-state index in [0.29, 0.717) is 17.3 Å². The summed E-state index contributed by atoms with van der Waals surface area (Å²) in [6, 6.07) is 19.1. The van der Waals surface area contributed by atoms with Gasteiger partial charge in [-0.1, -0.05) is 30.3 Å². The van der Waals surface area contributed by atoms with Crippen LogP contribution in [0.25, 0.3) is 5.78 Å². The van der Waals surface area contributed by atoms with Crippen LogP contribution in [0.5, 0.6) is 0 Å². The number of aromatic nitrogens is 4. The maximum atomic E-state index is 12.4. The number of hydrogen-bond donors (Lipinski definition) is 2. The van der Waals surface area contributed by atoms with Crippen molar-refractivity contribution >= 4 is 28.7 Å². The van der Waals surface area contributed by atoms with E-state index >= 15 is 0 Å². The number of amides is 1. The van der Waals surface area contributed by atoms with Gasteiger partial charge in [0.25, 0.3) is 5.78 Å². The minimum atomic E-state index is -0.191. The summed E-state index contributed by atoms with van der Waals surface area (Å²) in [6.07, 6.45) is 3.46. The second-order valence-electron chi connectivity index (χ2n) is 5.65. The lowest BCUT2D eigenvalue weighted by Gasteiger charge is -2.12. The molecule has 1 amide bonds. The fraction of sp³-hybridized carbons (Fsp3) is 0.0526. The van der Waals surface area contributed by atoms with Crippen LogP contribution in [0.1, 0.15) is 5.82 Å². The maximum absolute atomic E-state index is 12.4. The summed E-state index contributed by atoms with van der Waals surface area (Å²) in [7, 11) is 0. The van der Waals surface area contributed by atoms with E-state index in [1.165, 1.54) is 0 Å². The second-order valence-corrected chi connectivity index (χ2v) is 5.65. The van der Waals surface area contributed by atoms with Crippen LogP contribution in [0.4, 0.5) is 17.1 Å². The highest BCUT2D eigenvalue weighted by molar-refractivity contribution is 5.95. The van der Waals surface area contributed by atoms with E-state index in [-0.39, 0.29) is 12.3 Å². The molecule has 0 saturated heterocycles. The average Bonchev–Trinajstić information content (AvgIpc) is 3.06. The lowest BCUT2D eigenvalue weighted by atomic mass is 10.2. The van der Waals surface area contributed by atoms with Gasteiger partial charge in [0.2, 0.25) is 5.91 Å². The molecular formula is C19H16N6O. The smallest absolute Gasteiger partial charge is 0.252 e. The summed E-state index contributed by atoms with van der Waals surface area (Å²) in [4.78, 5) is 20.8. The van der Waals surface area contributed by atoms with Crippen molar-refractivity contribution in [2.45, 2.75) is 6.42 Å². The highest BCUT2D eigenvalue weighted by Gasteiger charge is 2.12. The first-order chi connectivity index (χ1) is 12.8. The van der Waals surface area contributed by atoms with Gasteiger partial charge in [0, 0.05) is 18.1 Å². The van der Waals surface area contributed by atoms with Gasteiger partial charge >= 0.3 is 0 Å². The molecule has 2 N–H and O–H groups in total. The van der Waals surface area contributed by atoms with Crippen LogP contribution in [0.3, 0.4) is 0 Å². The van der Waals surface area contributed by atoms with Crippen molar-refractivity contribution in [3.63, 3.8) is 0 Å². The fourth-order valence-corrected chi connectivity index (χ4v) is 2.57. The van der Waals surface area contributed by atoms with Crippen LogP contribution in [0.15, 0.2) is 73.1 Å². The number of para-hydroxylation sites is 3. The van der Waals surface area contributed by atoms with E-state index in [4.69, 9.17) is 0 Å². The van der Waals surface area contributed by atoms with Crippen molar-refractivity contribution in [1.82, 2.24) is 19.6 Å². The molecule has 0 aliphatic carbocycles. The topological polar surface area (TPSA) is 84.2 Å². The van der Waals surface area contributed by atoms with Gasteiger partial charge in [0.05, 0.1) is 17.8 Å². The largest absolute Gasteiger partial charge is 0.354 e. The van der Waals surface area contributed by atoms with Crippen molar-refractivity contribution in [3.05, 3.63) is 78.9 Å². The Hall–Kier alpha value is -3.74. The number of fused-ring (bicyclic) bond motifs is 1. The van der Waals surface area contributed by atoms with Crippen LogP contribution in [0.2, 0.25) is 0 Å². The van der Waals surface area contributed by atoms with Gasteiger partial charge in [-0.25, -0.2) is 9.50 Å².